The second-order valence-electron chi connectivity index (χ2n) is 5.63. The number of likely N-dealkylation sites (tertiary alicyclic amines) is 1. The van der Waals surface area contributed by atoms with Crippen molar-refractivity contribution < 1.29 is 13.3 Å². The van der Waals surface area contributed by atoms with Gasteiger partial charge in [0, 0.05) is 30.8 Å². The predicted octanol–water partition coefficient (Wildman–Crippen LogP) is 1.50. The summed E-state index contributed by atoms with van der Waals surface area (Å²) in [5, 5.41) is 11.1. The number of nitro groups is 1. The summed E-state index contributed by atoms with van der Waals surface area (Å²) < 4.78 is 25.1. The number of piperidine rings is 1. The van der Waals surface area contributed by atoms with Crippen molar-refractivity contribution >= 4 is 15.7 Å². The second-order valence-corrected chi connectivity index (χ2v) is 7.46. The minimum atomic E-state index is -3.23. The molecule has 0 aliphatic carbocycles. The molecule has 122 valence electrons. The molecule has 1 aliphatic rings. The largest absolute Gasteiger partial charge is 0.295 e. The van der Waals surface area contributed by atoms with Crippen molar-refractivity contribution in [3.8, 4) is 0 Å². The van der Waals surface area contributed by atoms with Crippen molar-refractivity contribution in [1.29, 1.82) is 0 Å². The van der Waals surface area contributed by atoms with Crippen LogP contribution in [-0.4, -0.2) is 43.6 Å². The predicted molar refractivity (Wildman–Crippen MR) is 84.0 cm³/mol. The van der Waals surface area contributed by atoms with Gasteiger partial charge in [-0.2, -0.15) is 0 Å². The molecule has 0 saturated carbocycles. The summed E-state index contributed by atoms with van der Waals surface area (Å²) in [6.07, 6.45) is 4.10. The molecular formula is C14H21N3O4S. The molecule has 1 atom stereocenters. The van der Waals surface area contributed by atoms with E-state index < -0.39 is 10.0 Å². The summed E-state index contributed by atoms with van der Waals surface area (Å²) in [6, 6.07) is 6.77. The number of rotatable bonds is 6. The Balaban J connectivity index is 2.10. The average Bonchev–Trinajstić information content (AvgIpc) is 2.46. The highest BCUT2D eigenvalue weighted by atomic mass is 32.2. The summed E-state index contributed by atoms with van der Waals surface area (Å²) in [5.41, 5.74) is 0.779. The molecule has 0 radical (unpaired) electrons. The van der Waals surface area contributed by atoms with E-state index in [0.29, 0.717) is 18.7 Å². The smallest absolute Gasteiger partial charge is 0.273 e. The summed E-state index contributed by atoms with van der Waals surface area (Å²) in [6.45, 7) is 1.63. The third-order valence-electron chi connectivity index (χ3n) is 3.89. The third kappa shape index (κ3) is 4.75. The van der Waals surface area contributed by atoms with Crippen LogP contribution in [0.15, 0.2) is 24.3 Å². The topological polar surface area (TPSA) is 92.6 Å². The lowest BCUT2D eigenvalue weighted by Crippen LogP contribution is -2.46. The third-order valence-corrected chi connectivity index (χ3v) is 4.58. The van der Waals surface area contributed by atoms with Gasteiger partial charge in [-0.05, 0) is 19.4 Å². The van der Waals surface area contributed by atoms with Crippen molar-refractivity contribution in [3.05, 3.63) is 39.9 Å². The standard InChI is InChI=1S/C14H21N3O4S/c1-22(20,21)15-10-13-7-4-5-9-16(13)11-12-6-2-3-8-14(12)17(18)19/h2-3,6,8,13,15H,4-5,7,9-11H2,1H3/t13-/m1/s1. The van der Waals surface area contributed by atoms with Crippen LogP contribution in [-0.2, 0) is 16.6 Å². The van der Waals surface area contributed by atoms with Crippen molar-refractivity contribution in [3.63, 3.8) is 0 Å². The van der Waals surface area contributed by atoms with Gasteiger partial charge < -0.3 is 0 Å². The van der Waals surface area contributed by atoms with E-state index in [1.54, 1.807) is 18.2 Å². The average molecular weight is 327 g/mol. The lowest BCUT2D eigenvalue weighted by atomic mass is 10.0. The molecule has 1 aliphatic heterocycles. The van der Waals surface area contributed by atoms with Gasteiger partial charge in [0.1, 0.15) is 0 Å². The van der Waals surface area contributed by atoms with Crippen LogP contribution in [0, 0.1) is 10.1 Å². The van der Waals surface area contributed by atoms with Crippen LogP contribution in [0.4, 0.5) is 5.69 Å². The van der Waals surface area contributed by atoms with Crippen LogP contribution < -0.4 is 4.72 Å². The lowest BCUT2D eigenvalue weighted by molar-refractivity contribution is -0.385. The molecule has 22 heavy (non-hydrogen) atoms. The van der Waals surface area contributed by atoms with Gasteiger partial charge in [0.2, 0.25) is 10.0 Å². The van der Waals surface area contributed by atoms with E-state index in [4.69, 9.17) is 0 Å². The zero-order valence-corrected chi connectivity index (χ0v) is 13.4. The molecular weight excluding hydrogens is 306 g/mol. The number of hydrogen-bond donors (Lipinski definition) is 1. The molecule has 0 unspecified atom stereocenters. The number of nitrogens with one attached hydrogen (secondary N) is 1. The molecule has 1 N–H and O–H groups in total. The Morgan fingerprint density at radius 1 is 1.36 bits per heavy atom. The Morgan fingerprint density at radius 3 is 2.77 bits per heavy atom. The van der Waals surface area contributed by atoms with Gasteiger partial charge in [-0.3, -0.25) is 15.0 Å². The highest BCUT2D eigenvalue weighted by molar-refractivity contribution is 7.88. The van der Waals surface area contributed by atoms with Crippen molar-refractivity contribution in [1.82, 2.24) is 9.62 Å². The van der Waals surface area contributed by atoms with E-state index in [1.807, 2.05) is 0 Å². The van der Waals surface area contributed by atoms with E-state index in [1.165, 1.54) is 6.07 Å². The van der Waals surface area contributed by atoms with Crippen LogP contribution in [0.5, 0.6) is 0 Å². The Bertz CT molecular complexity index is 633. The van der Waals surface area contributed by atoms with E-state index >= 15 is 0 Å². The van der Waals surface area contributed by atoms with Crippen LogP contribution in [0.1, 0.15) is 24.8 Å². The van der Waals surface area contributed by atoms with Crippen LogP contribution in [0.3, 0.4) is 0 Å². The van der Waals surface area contributed by atoms with E-state index in [9.17, 15) is 18.5 Å². The maximum Gasteiger partial charge on any atom is 0.273 e. The summed E-state index contributed by atoms with van der Waals surface area (Å²) >= 11 is 0. The molecule has 1 heterocycles. The first-order valence-electron chi connectivity index (χ1n) is 7.28. The number of hydrogen-bond acceptors (Lipinski definition) is 5. The molecule has 0 bridgehead atoms. The monoisotopic (exact) mass is 327 g/mol. The highest BCUT2D eigenvalue weighted by Crippen LogP contribution is 2.24. The fourth-order valence-corrected chi connectivity index (χ4v) is 3.28. The Kier molecular flexibility index (Phi) is 5.49. The molecule has 2 rings (SSSR count). The van der Waals surface area contributed by atoms with E-state index in [2.05, 4.69) is 9.62 Å². The maximum absolute atomic E-state index is 11.3. The van der Waals surface area contributed by atoms with Gasteiger partial charge in [-0.25, -0.2) is 13.1 Å². The number of para-hydroxylation sites is 1. The molecule has 8 heteroatoms. The zero-order chi connectivity index (χ0) is 16.2. The molecule has 0 amide bonds. The fraction of sp³-hybridized carbons (Fsp3) is 0.571. The molecule has 1 aromatic carbocycles. The van der Waals surface area contributed by atoms with Gasteiger partial charge >= 0.3 is 0 Å². The minimum absolute atomic E-state index is 0.0725. The maximum atomic E-state index is 11.3. The van der Waals surface area contributed by atoms with Crippen LogP contribution in [0.25, 0.3) is 0 Å². The zero-order valence-electron chi connectivity index (χ0n) is 12.6. The van der Waals surface area contributed by atoms with Crippen molar-refractivity contribution in [2.45, 2.75) is 31.8 Å². The normalized spacial score (nSPS) is 20.0. The van der Waals surface area contributed by atoms with E-state index in [0.717, 1.165) is 32.1 Å². The molecule has 0 spiro atoms. The Hall–Kier alpha value is -1.51. The van der Waals surface area contributed by atoms with Crippen LogP contribution >= 0.6 is 0 Å². The summed E-state index contributed by atoms with van der Waals surface area (Å²) in [7, 11) is -3.23. The molecule has 1 aromatic rings. The van der Waals surface area contributed by atoms with Crippen LogP contribution in [0.2, 0.25) is 0 Å². The Labute approximate surface area is 130 Å². The first kappa shape index (κ1) is 16.9. The second kappa shape index (κ2) is 7.17. The SMILES string of the molecule is CS(=O)(=O)NC[C@H]1CCCCN1Cc1ccccc1[N+](=O)[O-]. The molecule has 1 fully saturated rings. The number of nitro benzene ring substituents is 1. The van der Waals surface area contributed by atoms with Gasteiger partial charge in [-0.1, -0.05) is 24.6 Å². The van der Waals surface area contributed by atoms with Gasteiger partial charge in [0.15, 0.2) is 0 Å². The minimum Gasteiger partial charge on any atom is -0.295 e. The van der Waals surface area contributed by atoms with Gasteiger partial charge in [0.25, 0.3) is 5.69 Å². The van der Waals surface area contributed by atoms with E-state index in [-0.39, 0.29) is 16.7 Å². The molecule has 7 nitrogen and oxygen atoms in total. The number of nitrogens with zero attached hydrogens (tertiary/aromatic N) is 2. The Morgan fingerprint density at radius 2 is 2.09 bits per heavy atom. The summed E-state index contributed by atoms with van der Waals surface area (Å²) in [5.74, 6) is 0. The first-order chi connectivity index (χ1) is 10.4. The number of sulfonamides is 1. The van der Waals surface area contributed by atoms with Gasteiger partial charge in [-0.15, -0.1) is 0 Å². The fourth-order valence-electron chi connectivity index (χ4n) is 2.79. The first-order valence-corrected chi connectivity index (χ1v) is 9.17. The highest BCUT2D eigenvalue weighted by Gasteiger charge is 2.25. The molecule has 1 saturated heterocycles. The van der Waals surface area contributed by atoms with Crippen molar-refractivity contribution in [2.75, 3.05) is 19.3 Å². The quantitative estimate of drug-likeness (QED) is 0.631. The summed E-state index contributed by atoms with van der Waals surface area (Å²) in [4.78, 5) is 12.9. The van der Waals surface area contributed by atoms with Crippen molar-refractivity contribution in [2.24, 2.45) is 0 Å². The number of benzene rings is 1. The van der Waals surface area contributed by atoms with Gasteiger partial charge in [0.05, 0.1) is 11.2 Å². The lowest BCUT2D eigenvalue weighted by Gasteiger charge is -2.35. The molecule has 0 aromatic heterocycles.